The molecule has 198 valence electrons. The van der Waals surface area contributed by atoms with E-state index in [2.05, 4.69) is 0 Å². The SMILES string of the molecule is NCc1cccc(-c2cc(CC(=O)O)c(-c3ccc(-c4sc(-c5cccc(CN)c5)cc4CC(=O)O)s3)s2)c1. The van der Waals surface area contributed by atoms with Gasteiger partial charge in [0.2, 0.25) is 0 Å². The van der Waals surface area contributed by atoms with Crippen molar-refractivity contribution in [2.75, 3.05) is 0 Å². The molecule has 0 unspecified atom stereocenters. The first kappa shape index (κ1) is 27.0. The van der Waals surface area contributed by atoms with Gasteiger partial charge < -0.3 is 21.7 Å². The van der Waals surface area contributed by atoms with Crippen molar-refractivity contribution in [1.82, 2.24) is 0 Å². The largest absolute Gasteiger partial charge is 0.481 e. The maximum Gasteiger partial charge on any atom is 0.307 e. The number of carboxylic acids is 2. The summed E-state index contributed by atoms with van der Waals surface area (Å²) in [6, 6.07) is 23.8. The van der Waals surface area contributed by atoms with Gasteiger partial charge in [-0.1, -0.05) is 36.4 Å². The molecule has 0 aliphatic rings. The van der Waals surface area contributed by atoms with Crippen LogP contribution in [0.3, 0.4) is 0 Å². The summed E-state index contributed by atoms with van der Waals surface area (Å²) >= 11 is 4.67. The second-order valence-electron chi connectivity index (χ2n) is 9.04. The minimum Gasteiger partial charge on any atom is -0.481 e. The predicted octanol–water partition coefficient (Wildman–Crippen LogP) is 6.71. The fourth-order valence-corrected chi connectivity index (χ4v) is 8.08. The summed E-state index contributed by atoms with van der Waals surface area (Å²) in [5, 5.41) is 19.2. The van der Waals surface area contributed by atoms with E-state index < -0.39 is 11.9 Å². The maximum absolute atomic E-state index is 11.7. The van der Waals surface area contributed by atoms with Crippen LogP contribution < -0.4 is 11.5 Å². The van der Waals surface area contributed by atoms with E-state index in [1.165, 1.54) is 0 Å². The third-order valence-electron chi connectivity index (χ3n) is 6.25. The van der Waals surface area contributed by atoms with Crippen LogP contribution in [0.2, 0.25) is 0 Å². The first-order valence-electron chi connectivity index (χ1n) is 12.2. The number of aliphatic carboxylic acids is 2. The second kappa shape index (κ2) is 11.6. The minimum absolute atomic E-state index is 0.0828. The zero-order valence-corrected chi connectivity index (χ0v) is 23.3. The van der Waals surface area contributed by atoms with Gasteiger partial charge in [-0.05, 0) is 69.8 Å². The number of carbonyl (C=O) groups is 2. The molecule has 39 heavy (non-hydrogen) atoms. The van der Waals surface area contributed by atoms with E-state index >= 15 is 0 Å². The van der Waals surface area contributed by atoms with Crippen LogP contribution in [0.25, 0.3) is 40.4 Å². The number of hydrogen-bond donors (Lipinski definition) is 4. The van der Waals surface area contributed by atoms with Crippen molar-refractivity contribution in [3.63, 3.8) is 0 Å². The topological polar surface area (TPSA) is 127 Å². The van der Waals surface area contributed by atoms with Crippen LogP contribution in [-0.4, -0.2) is 22.2 Å². The number of carboxylic acid groups (broad SMARTS) is 2. The highest BCUT2D eigenvalue weighted by atomic mass is 32.1. The van der Waals surface area contributed by atoms with Crippen LogP contribution >= 0.6 is 34.0 Å². The second-order valence-corrected chi connectivity index (χ2v) is 12.2. The van der Waals surface area contributed by atoms with Crippen molar-refractivity contribution in [3.05, 3.63) is 95.1 Å². The van der Waals surface area contributed by atoms with E-state index in [1.54, 1.807) is 34.0 Å². The van der Waals surface area contributed by atoms with E-state index in [0.29, 0.717) is 13.1 Å². The summed E-state index contributed by atoms with van der Waals surface area (Å²) in [4.78, 5) is 29.1. The molecule has 0 aliphatic carbocycles. The Morgan fingerprint density at radius 1 is 0.590 bits per heavy atom. The lowest BCUT2D eigenvalue weighted by Crippen LogP contribution is -1.99. The average molecular weight is 575 g/mol. The zero-order chi connectivity index (χ0) is 27.5. The maximum atomic E-state index is 11.7. The van der Waals surface area contributed by atoms with Crippen LogP contribution in [0.4, 0.5) is 0 Å². The van der Waals surface area contributed by atoms with E-state index in [4.69, 9.17) is 11.5 Å². The standard InChI is InChI=1S/C30H26N2O4S3/c31-15-17-3-1-5-19(9-17)25-11-21(13-27(33)34)29(38-25)23-7-8-24(37-23)30-22(14-28(35)36)12-26(39-30)20-6-2-4-18(10-20)16-32/h1-12H,13-16,31-32H2,(H,33,34)(H,35,36). The minimum atomic E-state index is -0.889. The van der Waals surface area contributed by atoms with Crippen LogP contribution in [-0.2, 0) is 35.5 Å². The first-order valence-corrected chi connectivity index (χ1v) is 14.7. The highest BCUT2D eigenvalue weighted by Crippen LogP contribution is 2.46. The van der Waals surface area contributed by atoms with Gasteiger partial charge in [0.05, 0.1) is 12.8 Å². The Kier molecular flexibility index (Phi) is 8.06. The molecule has 9 heteroatoms. The molecule has 0 atom stereocenters. The quantitative estimate of drug-likeness (QED) is 0.147. The molecule has 3 heterocycles. The molecule has 3 aromatic heterocycles. The Bertz CT molecular complexity index is 1540. The van der Waals surface area contributed by atoms with Crippen LogP contribution in [0.1, 0.15) is 22.3 Å². The Morgan fingerprint density at radius 2 is 1.03 bits per heavy atom. The number of thiophene rings is 3. The van der Waals surface area contributed by atoms with Crippen molar-refractivity contribution in [1.29, 1.82) is 0 Å². The van der Waals surface area contributed by atoms with Gasteiger partial charge in [0.25, 0.3) is 0 Å². The molecule has 0 saturated heterocycles. The molecule has 0 fully saturated rings. The molecule has 0 spiro atoms. The average Bonchev–Trinajstić information content (AvgIpc) is 3.66. The lowest BCUT2D eigenvalue weighted by molar-refractivity contribution is -0.137. The molecule has 0 bridgehead atoms. The van der Waals surface area contributed by atoms with Crippen molar-refractivity contribution in [3.8, 4) is 40.4 Å². The summed E-state index contributed by atoms with van der Waals surface area (Å²) in [5.41, 5.74) is 17.2. The molecule has 0 radical (unpaired) electrons. The smallest absolute Gasteiger partial charge is 0.307 e. The lowest BCUT2D eigenvalue weighted by Gasteiger charge is -2.01. The molecular formula is C30H26N2O4S3. The van der Waals surface area contributed by atoms with E-state index in [0.717, 1.165) is 62.6 Å². The molecule has 6 N–H and O–H groups in total. The normalized spacial score (nSPS) is 11.1. The van der Waals surface area contributed by atoms with Crippen LogP contribution in [0.5, 0.6) is 0 Å². The van der Waals surface area contributed by atoms with Gasteiger partial charge in [-0.2, -0.15) is 0 Å². The summed E-state index contributed by atoms with van der Waals surface area (Å²) < 4.78 is 0. The third kappa shape index (κ3) is 6.03. The van der Waals surface area contributed by atoms with Crippen molar-refractivity contribution in [2.24, 2.45) is 11.5 Å². The van der Waals surface area contributed by atoms with Crippen molar-refractivity contribution in [2.45, 2.75) is 25.9 Å². The Balaban J connectivity index is 1.56. The van der Waals surface area contributed by atoms with Gasteiger partial charge in [-0.15, -0.1) is 34.0 Å². The van der Waals surface area contributed by atoms with Gasteiger partial charge in [0, 0.05) is 42.4 Å². The Labute approximate surface area is 237 Å². The summed E-state index contributed by atoms with van der Waals surface area (Å²) in [6.45, 7) is 0.862. The molecule has 6 nitrogen and oxygen atoms in total. The van der Waals surface area contributed by atoms with Gasteiger partial charge in [0.1, 0.15) is 0 Å². The highest BCUT2D eigenvalue weighted by molar-refractivity contribution is 7.28. The summed E-state index contributed by atoms with van der Waals surface area (Å²) in [7, 11) is 0. The summed E-state index contributed by atoms with van der Waals surface area (Å²) in [6.07, 6.45) is -0.166. The van der Waals surface area contributed by atoms with Crippen molar-refractivity contribution >= 4 is 45.9 Å². The van der Waals surface area contributed by atoms with E-state index in [9.17, 15) is 19.8 Å². The third-order valence-corrected chi connectivity index (χ3v) is 10.1. The fourth-order valence-electron chi connectivity index (χ4n) is 4.43. The Morgan fingerprint density at radius 3 is 1.41 bits per heavy atom. The monoisotopic (exact) mass is 574 g/mol. The lowest BCUT2D eigenvalue weighted by atomic mass is 10.1. The number of benzene rings is 2. The molecule has 5 rings (SSSR count). The predicted molar refractivity (Wildman–Crippen MR) is 160 cm³/mol. The van der Waals surface area contributed by atoms with Crippen LogP contribution in [0, 0.1) is 0 Å². The molecule has 5 aromatic rings. The van der Waals surface area contributed by atoms with E-state index in [-0.39, 0.29) is 12.8 Å². The van der Waals surface area contributed by atoms with Gasteiger partial charge in [-0.25, -0.2) is 0 Å². The van der Waals surface area contributed by atoms with Crippen molar-refractivity contribution < 1.29 is 19.8 Å². The molecule has 0 amide bonds. The first-order chi connectivity index (χ1) is 18.8. The number of nitrogens with two attached hydrogens (primary N) is 2. The fraction of sp³-hybridized carbons (Fsp3) is 0.133. The van der Waals surface area contributed by atoms with Crippen LogP contribution in [0.15, 0.2) is 72.8 Å². The zero-order valence-electron chi connectivity index (χ0n) is 20.8. The molecule has 0 saturated carbocycles. The van der Waals surface area contributed by atoms with Gasteiger partial charge in [0.15, 0.2) is 0 Å². The summed E-state index contributed by atoms with van der Waals surface area (Å²) in [5.74, 6) is -1.78. The Hall–Kier alpha value is -3.60. The van der Waals surface area contributed by atoms with E-state index in [1.807, 2.05) is 72.8 Å². The highest BCUT2D eigenvalue weighted by Gasteiger charge is 2.20. The molecule has 0 aliphatic heterocycles. The molecule has 2 aromatic carbocycles. The molecular weight excluding hydrogens is 549 g/mol. The van der Waals surface area contributed by atoms with Gasteiger partial charge in [-0.3, -0.25) is 9.59 Å². The number of rotatable bonds is 10. The van der Waals surface area contributed by atoms with Gasteiger partial charge >= 0.3 is 11.9 Å². The number of hydrogen-bond acceptors (Lipinski definition) is 7.